The van der Waals surface area contributed by atoms with Crippen LogP contribution in [0.3, 0.4) is 0 Å². The predicted octanol–water partition coefficient (Wildman–Crippen LogP) is 2.32. The van der Waals surface area contributed by atoms with Gasteiger partial charge in [-0.25, -0.2) is 0 Å². The minimum Gasteiger partial charge on any atom is -0.348 e. The van der Waals surface area contributed by atoms with E-state index < -0.39 is 0 Å². The molecule has 0 spiro atoms. The minimum absolute atomic E-state index is 0.000141. The number of carbonyl (C=O) groups is 1. The molecule has 2 aromatic carbocycles. The van der Waals surface area contributed by atoms with Gasteiger partial charge < -0.3 is 11.1 Å². The number of carbonyl (C=O) groups excluding carboxylic acids is 1. The van der Waals surface area contributed by atoms with Gasteiger partial charge in [0.15, 0.2) is 0 Å². The van der Waals surface area contributed by atoms with Crippen molar-refractivity contribution in [3.05, 3.63) is 71.8 Å². The molecule has 0 heterocycles. The van der Waals surface area contributed by atoms with Crippen molar-refractivity contribution in [1.29, 1.82) is 0 Å². The Morgan fingerprint density at radius 2 is 1.70 bits per heavy atom. The molecule has 0 saturated carbocycles. The Kier molecular flexibility index (Phi) is 6.78. The minimum atomic E-state index is 0.000141. The first-order chi connectivity index (χ1) is 11.2. The molecule has 1 amide bonds. The zero-order valence-corrected chi connectivity index (χ0v) is 13.6. The van der Waals surface area contributed by atoms with Crippen LogP contribution in [-0.2, 0) is 11.3 Å². The summed E-state index contributed by atoms with van der Waals surface area (Å²) in [5, 5.41) is 3.05. The Bertz CT molecular complexity index is 586. The Balaban J connectivity index is 1.90. The summed E-state index contributed by atoms with van der Waals surface area (Å²) in [7, 11) is 0. The summed E-state index contributed by atoms with van der Waals surface area (Å²) in [6.45, 7) is 4.31. The fourth-order valence-electron chi connectivity index (χ4n) is 2.55. The molecule has 0 radical (unpaired) electrons. The van der Waals surface area contributed by atoms with Gasteiger partial charge in [0.2, 0.25) is 5.91 Å². The first-order valence-corrected chi connectivity index (χ1v) is 7.99. The van der Waals surface area contributed by atoms with Gasteiger partial charge in [-0.3, -0.25) is 9.69 Å². The van der Waals surface area contributed by atoms with Crippen molar-refractivity contribution < 1.29 is 4.79 Å². The van der Waals surface area contributed by atoms with Crippen LogP contribution in [0.1, 0.15) is 24.1 Å². The Morgan fingerprint density at radius 1 is 1.09 bits per heavy atom. The maximum absolute atomic E-state index is 12.3. The molecule has 1 unspecified atom stereocenters. The highest BCUT2D eigenvalue weighted by molar-refractivity contribution is 5.78. The van der Waals surface area contributed by atoms with Crippen LogP contribution in [0.25, 0.3) is 0 Å². The van der Waals surface area contributed by atoms with E-state index in [1.807, 2.05) is 55.5 Å². The third-order valence-electron chi connectivity index (χ3n) is 3.74. The van der Waals surface area contributed by atoms with E-state index in [1.54, 1.807) is 0 Å². The Hall–Kier alpha value is -2.17. The van der Waals surface area contributed by atoms with Gasteiger partial charge in [0.1, 0.15) is 0 Å². The average molecular weight is 311 g/mol. The van der Waals surface area contributed by atoms with Crippen molar-refractivity contribution in [2.45, 2.75) is 19.5 Å². The first-order valence-electron chi connectivity index (χ1n) is 7.99. The average Bonchev–Trinajstić information content (AvgIpc) is 2.56. The second-order valence-electron chi connectivity index (χ2n) is 5.68. The number of rotatable bonds is 8. The largest absolute Gasteiger partial charge is 0.348 e. The maximum Gasteiger partial charge on any atom is 0.234 e. The van der Waals surface area contributed by atoms with Crippen molar-refractivity contribution in [3.63, 3.8) is 0 Å². The number of hydrogen-bond acceptors (Lipinski definition) is 3. The number of benzene rings is 2. The highest BCUT2D eigenvalue weighted by Crippen LogP contribution is 2.11. The van der Waals surface area contributed by atoms with Crippen LogP contribution in [0.4, 0.5) is 0 Å². The zero-order chi connectivity index (χ0) is 16.5. The number of nitrogens with two attached hydrogens (primary N) is 1. The number of nitrogens with one attached hydrogen (secondary N) is 1. The van der Waals surface area contributed by atoms with Crippen LogP contribution in [0.15, 0.2) is 60.7 Å². The molecule has 4 nitrogen and oxygen atoms in total. The second kappa shape index (κ2) is 9.08. The van der Waals surface area contributed by atoms with Crippen molar-refractivity contribution >= 4 is 5.91 Å². The summed E-state index contributed by atoms with van der Waals surface area (Å²) in [5.74, 6) is 0.0192. The standard InChI is InChI=1S/C19H25N3O/c1-16(18-10-6-3-7-11-18)21-19(23)15-22(13-12-20)14-17-8-4-2-5-9-17/h2-11,16H,12-15,20H2,1H3,(H,21,23). The van der Waals surface area contributed by atoms with Crippen molar-refractivity contribution in [2.75, 3.05) is 19.6 Å². The molecule has 0 fully saturated rings. The van der Waals surface area contributed by atoms with Gasteiger partial charge in [-0.2, -0.15) is 0 Å². The monoisotopic (exact) mass is 311 g/mol. The lowest BCUT2D eigenvalue weighted by Gasteiger charge is -2.22. The van der Waals surface area contributed by atoms with Crippen molar-refractivity contribution in [2.24, 2.45) is 5.73 Å². The molecule has 0 aliphatic carbocycles. The van der Waals surface area contributed by atoms with Gasteiger partial charge in [0.25, 0.3) is 0 Å². The number of hydrogen-bond donors (Lipinski definition) is 2. The van der Waals surface area contributed by atoms with E-state index >= 15 is 0 Å². The highest BCUT2D eigenvalue weighted by atomic mass is 16.2. The topological polar surface area (TPSA) is 58.4 Å². The molecular weight excluding hydrogens is 286 g/mol. The van der Waals surface area contributed by atoms with Gasteiger partial charge in [0, 0.05) is 19.6 Å². The summed E-state index contributed by atoms with van der Waals surface area (Å²) in [4.78, 5) is 14.4. The predicted molar refractivity (Wildman–Crippen MR) is 93.8 cm³/mol. The van der Waals surface area contributed by atoms with E-state index in [2.05, 4.69) is 22.3 Å². The third kappa shape index (κ3) is 5.85. The molecule has 0 bridgehead atoms. The summed E-state index contributed by atoms with van der Waals surface area (Å²) < 4.78 is 0. The SMILES string of the molecule is CC(NC(=O)CN(CCN)Cc1ccccc1)c1ccccc1. The first kappa shape index (κ1) is 17.2. The molecule has 0 aromatic heterocycles. The molecular formula is C19H25N3O. The summed E-state index contributed by atoms with van der Waals surface area (Å²) >= 11 is 0. The van der Waals surface area contributed by atoms with Gasteiger partial charge in [-0.15, -0.1) is 0 Å². The molecule has 23 heavy (non-hydrogen) atoms. The number of nitrogens with zero attached hydrogens (tertiary/aromatic N) is 1. The summed E-state index contributed by atoms with van der Waals surface area (Å²) in [5.41, 5.74) is 7.97. The molecule has 2 aromatic rings. The van der Waals surface area contributed by atoms with Crippen LogP contribution in [0.2, 0.25) is 0 Å². The van der Waals surface area contributed by atoms with Gasteiger partial charge >= 0.3 is 0 Å². The Labute approximate surface area is 138 Å². The van der Waals surface area contributed by atoms with Gasteiger partial charge in [0.05, 0.1) is 12.6 Å². The van der Waals surface area contributed by atoms with Crippen LogP contribution >= 0.6 is 0 Å². The maximum atomic E-state index is 12.3. The lowest BCUT2D eigenvalue weighted by molar-refractivity contribution is -0.123. The van der Waals surface area contributed by atoms with Crippen LogP contribution in [0, 0.1) is 0 Å². The zero-order valence-electron chi connectivity index (χ0n) is 13.6. The fraction of sp³-hybridized carbons (Fsp3) is 0.316. The van der Waals surface area contributed by atoms with Crippen LogP contribution < -0.4 is 11.1 Å². The van der Waals surface area contributed by atoms with Crippen molar-refractivity contribution in [1.82, 2.24) is 10.2 Å². The molecule has 4 heteroatoms. The fourth-order valence-corrected chi connectivity index (χ4v) is 2.55. The van der Waals surface area contributed by atoms with E-state index in [-0.39, 0.29) is 11.9 Å². The van der Waals surface area contributed by atoms with Gasteiger partial charge in [-0.05, 0) is 18.1 Å². The Morgan fingerprint density at radius 3 is 2.30 bits per heavy atom. The van der Waals surface area contributed by atoms with E-state index in [1.165, 1.54) is 5.56 Å². The second-order valence-corrected chi connectivity index (χ2v) is 5.68. The highest BCUT2D eigenvalue weighted by Gasteiger charge is 2.13. The molecule has 0 aliphatic rings. The molecule has 3 N–H and O–H groups in total. The number of amides is 1. The van der Waals surface area contributed by atoms with E-state index in [0.29, 0.717) is 19.6 Å². The summed E-state index contributed by atoms with van der Waals surface area (Å²) in [6, 6.07) is 20.1. The molecule has 0 aliphatic heterocycles. The third-order valence-corrected chi connectivity index (χ3v) is 3.74. The van der Waals surface area contributed by atoms with Crippen molar-refractivity contribution in [3.8, 4) is 0 Å². The molecule has 1 atom stereocenters. The van der Waals surface area contributed by atoms with E-state index in [0.717, 1.165) is 12.1 Å². The van der Waals surface area contributed by atoms with E-state index in [9.17, 15) is 4.79 Å². The molecule has 0 saturated heterocycles. The summed E-state index contributed by atoms with van der Waals surface area (Å²) in [6.07, 6.45) is 0. The quantitative estimate of drug-likeness (QED) is 0.786. The van der Waals surface area contributed by atoms with Crippen LogP contribution in [-0.4, -0.2) is 30.4 Å². The normalized spacial score (nSPS) is 12.1. The van der Waals surface area contributed by atoms with Gasteiger partial charge in [-0.1, -0.05) is 60.7 Å². The van der Waals surface area contributed by atoms with Crippen LogP contribution in [0.5, 0.6) is 0 Å². The lowest BCUT2D eigenvalue weighted by atomic mass is 10.1. The lowest BCUT2D eigenvalue weighted by Crippen LogP contribution is -2.40. The smallest absolute Gasteiger partial charge is 0.234 e. The molecule has 2 rings (SSSR count). The molecule has 122 valence electrons. The van der Waals surface area contributed by atoms with E-state index in [4.69, 9.17) is 5.73 Å².